The Morgan fingerprint density at radius 1 is 0.864 bits per heavy atom. The number of rotatable bonds is 7. The quantitative estimate of drug-likeness (QED) is 0.736. The highest BCUT2D eigenvalue weighted by Crippen LogP contribution is 2.27. The maximum absolute atomic E-state index is 12.2. The van der Waals surface area contributed by atoms with E-state index in [1.165, 1.54) is 7.11 Å². The molecular weight excluding hydrogens is 284 g/mol. The minimum Gasteiger partial charge on any atom is -0.496 e. The van der Waals surface area contributed by atoms with Crippen molar-refractivity contribution >= 4 is 5.78 Å². The van der Waals surface area contributed by atoms with Gasteiger partial charge in [0.2, 0.25) is 5.78 Å². The smallest absolute Gasteiger partial charge is 0.203 e. The van der Waals surface area contributed by atoms with E-state index in [-0.39, 0.29) is 12.4 Å². The summed E-state index contributed by atoms with van der Waals surface area (Å²) in [6.07, 6.45) is 0. The van der Waals surface area contributed by atoms with Gasteiger partial charge in [-0.25, -0.2) is 0 Å². The van der Waals surface area contributed by atoms with Gasteiger partial charge in [0.15, 0.2) is 6.61 Å². The van der Waals surface area contributed by atoms with Crippen LogP contribution in [-0.2, 0) is 0 Å². The number of carbonyl (C=O) groups is 1. The Labute approximate surface area is 129 Å². The van der Waals surface area contributed by atoms with Crippen molar-refractivity contribution in [2.24, 2.45) is 0 Å². The molecule has 0 aliphatic rings. The van der Waals surface area contributed by atoms with Crippen molar-refractivity contribution in [3.63, 3.8) is 0 Å². The van der Waals surface area contributed by atoms with Gasteiger partial charge in [-0.2, -0.15) is 0 Å². The van der Waals surface area contributed by atoms with E-state index < -0.39 is 0 Å². The van der Waals surface area contributed by atoms with Gasteiger partial charge >= 0.3 is 0 Å². The second-order valence-corrected chi connectivity index (χ2v) is 4.46. The lowest BCUT2D eigenvalue weighted by Crippen LogP contribution is -2.12. The molecule has 116 valence electrons. The van der Waals surface area contributed by atoms with Gasteiger partial charge in [-0.1, -0.05) is 12.1 Å². The minimum absolute atomic E-state index is 0.101. The summed E-state index contributed by atoms with van der Waals surface area (Å²) in [4.78, 5) is 12.2. The van der Waals surface area contributed by atoms with E-state index >= 15 is 0 Å². The van der Waals surface area contributed by atoms with Crippen LogP contribution in [0.15, 0.2) is 42.5 Å². The first-order chi connectivity index (χ1) is 10.7. The summed E-state index contributed by atoms with van der Waals surface area (Å²) >= 11 is 0. The van der Waals surface area contributed by atoms with Crippen molar-refractivity contribution in [2.45, 2.75) is 0 Å². The minimum atomic E-state index is -0.167. The molecule has 0 saturated heterocycles. The first kappa shape index (κ1) is 15.7. The van der Waals surface area contributed by atoms with Gasteiger partial charge in [0, 0.05) is 18.2 Å². The molecule has 0 N–H and O–H groups in total. The van der Waals surface area contributed by atoms with E-state index in [0.29, 0.717) is 28.6 Å². The second-order valence-electron chi connectivity index (χ2n) is 4.46. The summed E-state index contributed by atoms with van der Waals surface area (Å²) < 4.78 is 21.0. The number of hydrogen-bond acceptors (Lipinski definition) is 5. The summed E-state index contributed by atoms with van der Waals surface area (Å²) in [7, 11) is 4.64. The van der Waals surface area contributed by atoms with Gasteiger partial charge < -0.3 is 18.9 Å². The number of ether oxygens (including phenoxy) is 4. The van der Waals surface area contributed by atoms with Crippen LogP contribution in [0.5, 0.6) is 23.0 Å². The first-order valence-electron chi connectivity index (χ1n) is 6.70. The Kier molecular flexibility index (Phi) is 5.25. The maximum atomic E-state index is 12.2. The van der Waals surface area contributed by atoms with Crippen LogP contribution in [0.2, 0.25) is 0 Å². The zero-order chi connectivity index (χ0) is 15.9. The molecule has 5 nitrogen and oxygen atoms in total. The Bertz CT molecular complexity index is 629. The van der Waals surface area contributed by atoms with Crippen molar-refractivity contribution in [1.82, 2.24) is 0 Å². The second kappa shape index (κ2) is 7.36. The van der Waals surface area contributed by atoms with Crippen molar-refractivity contribution in [3.8, 4) is 23.0 Å². The lowest BCUT2D eigenvalue weighted by atomic mass is 10.1. The summed E-state index contributed by atoms with van der Waals surface area (Å²) in [6.45, 7) is -0.101. The SMILES string of the molecule is COc1cc(OC)cc(OCC(=O)c2ccccc2OC)c1. The third kappa shape index (κ3) is 3.69. The predicted octanol–water partition coefficient (Wildman–Crippen LogP) is 2.97. The van der Waals surface area contributed by atoms with Crippen LogP contribution in [0.1, 0.15) is 10.4 Å². The molecule has 0 saturated carbocycles. The third-order valence-corrected chi connectivity index (χ3v) is 3.10. The van der Waals surface area contributed by atoms with Gasteiger partial charge in [-0.15, -0.1) is 0 Å². The van der Waals surface area contributed by atoms with Crippen LogP contribution in [0, 0.1) is 0 Å². The van der Waals surface area contributed by atoms with Crippen LogP contribution in [-0.4, -0.2) is 33.7 Å². The normalized spacial score (nSPS) is 9.95. The van der Waals surface area contributed by atoms with E-state index in [9.17, 15) is 4.79 Å². The van der Waals surface area contributed by atoms with E-state index in [1.54, 1.807) is 50.6 Å². The highest BCUT2D eigenvalue weighted by molar-refractivity contribution is 5.99. The highest BCUT2D eigenvalue weighted by Gasteiger charge is 2.13. The number of benzene rings is 2. The fourth-order valence-corrected chi connectivity index (χ4v) is 1.97. The molecular formula is C17H18O5. The zero-order valence-corrected chi connectivity index (χ0v) is 12.8. The van der Waals surface area contributed by atoms with Gasteiger partial charge in [-0.3, -0.25) is 4.79 Å². The largest absolute Gasteiger partial charge is 0.496 e. The summed E-state index contributed by atoms with van der Waals surface area (Å²) in [5, 5.41) is 0. The molecule has 0 aromatic heterocycles. The van der Waals surface area contributed by atoms with Crippen molar-refractivity contribution in [2.75, 3.05) is 27.9 Å². The number of para-hydroxylation sites is 1. The predicted molar refractivity (Wildman–Crippen MR) is 82.4 cm³/mol. The molecule has 0 amide bonds. The molecule has 5 heteroatoms. The molecule has 0 aliphatic carbocycles. The van der Waals surface area contributed by atoms with Crippen LogP contribution >= 0.6 is 0 Å². The van der Waals surface area contributed by atoms with Crippen LogP contribution in [0.25, 0.3) is 0 Å². The van der Waals surface area contributed by atoms with E-state index in [0.717, 1.165) is 0 Å². The Morgan fingerprint density at radius 2 is 1.45 bits per heavy atom. The fraction of sp³-hybridized carbons (Fsp3) is 0.235. The topological polar surface area (TPSA) is 54.0 Å². The van der Waals surface area contributed by atoms with E-state index in [2.05, 4.69) is 0 Å². The van der Waals surface area contributed by atoms with Gasteiger partial charge in [-0.05, 0) is 12.1 Å². The number of ketones is 1. The molecule has 0 bridgehead atoms. The molecule has 0 fully saturated rings. The average molecular weight is 302 g/mol. The third-order valence-electron chi connectivity index (χ3n) is 3.10. The summed E-state index contributed by atoms with van der Waals surface area (Å²) in [5.74, 6) is 2.05. The lowest BCUT2D eigenvalue weighted by molar-refractivity contribution is 0.0918. The van der Waals surface area contributed by atoms with Gasteiger partial charge in [0.25, 0.3) is 0 Å². The fourth-order valence-electron chi connectivity index (χ4n) is 1.97. The number of hydrogen-bond donors (Lipinski definition) is 0. The van der Waals surface area contributed by atoms with Crippen molar-refractivity contribution in [1.29, 1.82) is 0 Å². The number of Topliss-reactive ketones (excluding diaryl/α,β-unsaturated/α-hetero) is 1. The van der Waals surface area contributed by atoms with Gasteiger partial charge in [0.05, 0.1) is 26.9 Å². The number of methoxy groups -OCH3 is 3. The molecule has 0 aliphatic heterocycles. The molecule has 0 atom stereocenters. The van der Waals surface area contributed by atoms with Crippen LogP contribution in [0.3, 0.4) is 0 Å². The van der Waals surface area contributed by atoms with Gasteiger partial charge in [0.1, 0.15) is 23.0 Å². The molecule has 0 unspecified atom stereocenters. The number of carbonyl (C=O) groups excluding carboxylic acids is 1. The van der Waals surface area contributed by atoms with Crippen LogP contribution in [0.4, 0.5) is 0 Å². The molecule has 0 spiro atoms. The van der Waals surface area contributed by atoms with E-state index in [4.69, 9.17) is 18.9 Å². The standard InChI is InChI=1S/C17H18O5/c1-19-12-8-13(20-2)10-14(9-12)22-11-16(18)15-6-4-5-7-17(15)21-3/h4-10H,11H2,1-3H3. The summed E-state index contributed by atoms with van der Waals surface area (Å²) in [6, 6.07) is 12.1. The van der Waals surface area contributed by atoms with Crippen LogP contribution < -0.4 is 18.9 Å². The lowest BCUT2D eigenvalue weighted by Gasteiger charge is -2.11. The van der Waals surface area contributed by atoms with E-state index in [1.807, 2.05) is 6.07 Å². The highest BCUT2D eigenvalue weighted by atomic mass is 16.5. The Hall–Kier alpha value is -2.69. The summed E-state index contributed by atoms with van der Waals surface area (Å²) in [5.41, 5.74) is 0.486. The Balaban J connectivity index is 2.11. The molecule has 2 aromatic carbocycles. The molecule has 2 aromatic rings. The zero-order valence-electron chi connectivity index (χ0n) is 12.8. The average Bonchev–Trinajstić information content (AvgIpc) is 2.59. The van der Waals surface area contributed by atoms with Crippen molar-refractivity contribution < 1.29 is 23.7 Å². The monoisotopic (exact) mass is 302 g/mol. The Morgan fingerprint density at radius 3 is 2.05 bits per heavy atom. The maximum Gasteiger partial charge on any atom is 0.203 e. The molecule has 0 heterocycles. The molecule has 0 radical (unpaired) electrons. The molecule has 2 rings (SSSR count). The first-order valence-corrected chi connectivity index (χ1v) is 6.70. The molecule has 22 heavy (non-hydrogen) atoms. The van der Waals surface area contributed by atoms with Crippen molar-refractivity contribution in [3.05, 3.63) is 48.0 Å².